The Bertz CT molecular complexity index is 687. The molecule has 1 heterocycles. The van der Waals surface area contributed by atoms with E-state index < -0.39 is 0 Å². The zero-order valence-electron chi connectivity index (χ0n) is 14.2. The molecule has 0 atom stereocenters. The number of hydrogen-bond donors (Lipinski definition) is 2. The van der Waals surface area contributed by atoms with Crippen molar-refractivity contribution in [1.82, 2.24) is 14.8 Å². The highest BCUT2D eigenvalue weighted by molar-refractivity contribution is 14.0. The molecule has 0 spiro atoms. The monoisotopic (exact) mass is 462 g/mol. The first-order chi connectivity index (χ1) is 11.0. The minimum Gasteiger partial charge on any atom is -0.392 e. The van der Waals surface area contributed by atoms with Gasteiger partial charge in [0.15, 0.2) is 5.96 Å². The van der Waals surface area contributed by atoms with E-state index in [2.05, 4.69) is 10.3 Å². The summed E-state index contributed by atoms with van der Waals surface area (Å²) in [5, 5.41) is 13.3. The summed E-state index contributed by atoms with van der Waals surface area (Å²) < 4.78 is 2.01. The molecular weight excluding hydrogens is 439 g/mol. The van der Waals surface area contributed by atoms with E-state index in [4.69, 9.17) is 11.6 Å². The highest BCUT2D eigenvalue weighted by Crippen LogP contribution is 2.14. The van der Waals surface area contributed by atoms with Gasteiger partial charge in [0.2, 0.25) is 0 Å². The molecule has 1 aromatic carbocycles. The number of aliphatic imine (C=N–C) groups is 1. The van der Waals surface area contributed by atoms with Crippen LogP contribution in [-0.4, -0.2) is 34.6 Å². The first kappa shape index (κ1) is 20.8. The van der Waals surface area contributed by atoms with E-state index in [1.165, 1.54) is 0 Å². The Kier molecular flexibility index (Phi) is 8.58. The van der Waals surface area contributed by atoms with Crippen molar-refractivity contribution in [3.05, 3.63) is 58.4 Å². The summed E-state index contributed by atoms with van der Waals surface area (Å²) in [6.07, 6.45) is 1.89. The zero-order chi connectivity index (χ0) is 16.8. The van der Waals surface area contributed by atoms with Gasteiger partial charge < -0.3 is 19.9 Å². The number of aliphatic hydroxyl groups excluding tert-OH is 1. The highest BCUT2D eigenvalue weighted by Gasteiger charge is 2.09. The Morgan fingerprint density at radius 3 is 2.62 bits per heavy atom. The molecule has 0 fully saturated rings. The number of nitrogens with zero attached hydrogens (tertiary/aromatic N) is 3. The number of nitrogens with one attached hydrogen (secondary N) is 1. The van der Waals surface area contributed by atoms with Gasteiger partial charge >= 0.3 is 0 Å². The molecule has 5 nitrogen and oxygen atoms in total. The third-order valence-corrected chi connectivity index (χ3v) is 3.88. The number of rotatable bonds is 5. The number of benzene rings is 1. The fraction of sp³-hybridized carbons (Fsp3) is 0.353. The predicted molar refractivity (Wildman–Crippen MR) is 110 cm³/mol. The van der Waals surface area contributed by atoms with Gasteiger partial charge in [-0.2, -0.15) is 0 Å². The average molecular weight is 463 g/mol. The van der Waals surface area contributed by atoms with E-state index in [1.54, 1.807) is 7.05 Å². The van der Waals surface area contributed by atoms with Crippen LogP contribution in [0.4, 0.5) is 0 Å². The molecule has 24 heavy (non-hydrogen) atoms. The first-order valence-electron chi connectivity index (χ1n) is 7.44. The number of aryl methyl sites for hydroxylation is 1. The van der Waals surface area contributed by atoms with Crippen LogP contribution in [0, 0.1) is 0 Å². The van der Waals surface area contributed by atoms with Crippen LogP contribution in [0.5, 0.6) is 0 Å². The maximum absolute atomic E-state index is 9.20. The lowest BCUT2D eigenvalue weighted by molar-refractivity contribution is 0.281. The summed E-state index contributed by atoms with van der Waals surface area (Å²) in [5.41, 5.74) is 3.13. The fourth-order valence-corrected chi connectivity index (χ4v) is 2.72. The largest absolute Gasteiger partial charge is 0.392 e. The molecule has 0 saturated carbocycles. The Hall–Kier alpha value is -1.25. The molecule has 132 valence electrons. The maximum Gasteiger partial charge on any atom is 0.194 e. The number of halogens is 2. The van der Waals surface area contributed by atoms with Crippen molar-refractivity contribution >= 4 is 41.5 Å². The van der Waals surface area contributed by atoms with E-state index in [-0.39, 0.29) is 30.6 Å². The molecule has 0 saturated heterocycles. The number of aromatic nitrogens is 1. The van der Waals surface area contributed by atoms with Crippen molar-refractivity contribution in [3.63, 3.8) is 0 Å². The van der Waals surface area contributed by atoms with Gasteiger partial charge in [-0.25, -0.2) is 0 Å². The van der Waals surface area contributed by atoms with Crippen LogP contribution in [0.1, 0.15) is 16.8 Å². The number of aliphatic hydroxyl groups is 1. The topological polar surface area (TPSA) is 52.8 Å². The van der Waals surface area contributed by atoms with Crippen molar-refractivity contribution in [3.8, 4) is 0 Å². The molecule has 1 aromatic heterocycles. The standard InChI is InChI=1S/C17H23ClN4O.HI/c1-19-17(20-9-13-5-4-6-14(7-13)12-23)22(3)11-16-8-15(18)10-21(16)2;/h4-8,10,23H,9,11-12H2,1-3H3,(H,19,20);1H. The second kappa shape index (κ2) is 9.90. The van der Waals surface area contributed by atoms with Crippen molar-refractivity contribution in [2.45, 2.75) is 19.7 Å². The predicted octanol–water partition coefficient (Wildman–Crippen LogP) is 3.00. The van der Waals surface area contributed by atoms with E-state index >= 15 is 0 Å². The lowest BCUT2D eigenvalue weighted by atomic mass is 10.1. The van der Waals surface area contributed by atoms with Crippen LogP contribution in [-0.2, 0) is 26.7 Å². The van der Waals surface area contributed by atoms with Gasteiger partial charge in [-0.1, -0.05) is 35.9 Å². The Morgan fingerprint density at radius 2 is 2.04 bits per heavy atom. The van der Waals surface area contributed by atoms with Crippen molar-refractivity contribution in [1.29, 1.82) is 0 Å². The SMILES string of the molecule is CN=C(NCc1cccc(CO)c1)N(C)Cc1cc(Cl)cn1C.I. The van der Waals surface area contributed by atoms with Gasteiger partial charge in [0.1, 0.15) is 0 Å². The Labute approximate surface area is 165 Å². The minimum atomic E-state index is 0. The van der Waals surface area contributed by atoms with E-state index in [0.717, 1.165) is 27.8 Å². The van der Waals surface area contributed by atoms with Gasteiger partial charge in [0.25, 0.3) is 0 Å². The maximum atomic E-state index is 9.20. The van der Waals surface area contributed by atoms with Crippen molar-refractivity contribution in [2.75, 3.05) is 14.1 Å². The van der Waals surface area contributed by atoms with E-state index in [9.17, 15) is 5.11 Å². The van der Waals surface area contributed by atoms with Crippen LogP contribution in [0.2, 0.25) is 5.02 Å². The molecule has 2 N–H and O–H groups in total. The second-order valence-corrected chi connectivity index (χ2v) is 5.93. The number of hydrogen-bond acceptors (Lipinski definition) is 2. The molecule has 2 rings (SSSR count). The summed E-state index contributed by atoms with van der Waals surface area (Å²) in [5.74, 6) is 0.803. The minimum absolute atomic E-state index is 0. The Balaban J connectivity index is 0.00000288. The third-order valence-electron chi connectivity index (χ3n) is 3.67. The lowest BCUT2D eigenvalue weighted by Crippen LogP contribution is -2.38. The molecule has 0 aliphatic carbocycles. The quantitative estimate of drug-likeness (QED) is 0.408. The molecule has 0 aliphatic heterocycles. The first-order valence-corrected chi connectivity index (χ1v) is 7.82. The van der Waals surface area contributed by atoms with E-state index in [0.29, 0.717) is 13.1 Å². The van der Waals surface area contributed by atoms with Crippen LogP contribution in [0.15, 0.2) is 41.5 Å². The van der Waals surface area contributed by atoms with Crippen LogP contribution >= 0.6 is 35.6 Å². The summed E-state index contributed by atoms with van der Waals surface area (Å²) in [4.78, 5) is 6.36. The molecular formula is C17H24ClIN4O. The molecule has 7 heteroatoms. The van der Waals surface area contributed by atoms with Gasteiger partial charge in [-0.3, -0.25) is 4.99 Å². The average Bonchev–Trinajstić information content (AvgIpc) is 2.85. The van der Waals surface area contributed by atoms with E-state index in [1.807, 2.05) is 60.1 Å². The van der Waals surface area contributed by atoms with Crippen LogP contribution in [0.3, 0.4) is 0 Å². The molecule has 2 aromatic rings. The second-order valence-electron chi connectivity index (χ2n) is 5.50. The molecule has 0 aliphatic rings. The summed E-state index contributed by atoms with van der Waals surface area (Å²) in [6.45, 7) is 1.41. The van der Waals surface area contributed by atoms with Gasteiger partial charge in [-0.15, -0.1) is 24.0 Å². The van der Waals surface area contributed by atoms with Crippen LogP contribution < -0.4 is 5.32 Å². The van der Waals surface area contributed by atoms with Gasteiger partial charge in [-0.05, 0) is 17.2 Å². The number of guanidine groups is 1. The van der Waals surface area contributed by atoms with Gasteiger partial charge in [0.05, 0.1) is 18.2 Å². The fourth-order valence-electron chi connectivity index (χ4n) is 2.45. The smallest absolute Gasteiger partial charge is 0.194 e. The molecule has 0 amide bonds. The summed E-state index contributed by atoms with van der Waals surface area (Å²) in [7, 11) is 5.73. The summed E-state index contributed by atoms with van der Waals surface area (Å²) in [6, 6.07) is 9.81. The van der Waals surface area contributed by atoms with Crippen molar-refractivity contribution < 1.29 is 5.11 Å². The van der Waals surface area contributed by atoms with Gasteiger partial charge in [0, 0.05) is 39.6 Å². The van der Waals surface area contributed by atoms with Crippen LogP contribution in [0.25, 0.3) is 0 Å². The molecule has 0 unspecified atom stereocenters. The third kappa shape index (κ3) is 5.68. The lowest BCUT2D eigenvalue weighted by Gasteiger charge is -2.22. The Morgan fingerprint density at radius 1 is 1.33 bits per heavy atom. The summed E-state index contributed by atoms with van der Waals surface area (Å²) >= 11 is 6.03. The zero-order valence-corrected chi connectivity index (χ0v) is 17.2. The molecule has 0 bridgehead atoms. The normalized spacial score (nSPS) is 11.1. The highest BCUT2D eigenvalue weighted by atomic mass is 127. The molecule has 0 radical (unpaired) electrons. The van der Waals surface area contributed by atoms with Crippen molar-refractivity contribution in [2.24, 2.45) is 12.0 Å².